The van der Waals surface area contributed by atoms with E-state index in [2.05, 4.69) is 21.2 Å². The molecular formula is C20H16BrFN2O4S. The molecule has 3 rings (SSSR count). The van der Waals surface area contributed by atoms with Gasteiger partial charge in [0.25, 0.3) is 11.1 Å². The maximum absolute atomic E-state index is 13.6. The van der Waals surface area contributed by atoms with Gasteiger partial charge in [0.05, 0.1) is 21.7 Å². The molecule has 150 valence electrons. The third-order valence-electron chi connectivity index (χ3n) is 3.88. The molecule has 2 aromatic carbocycles. The molecule has 1 aliphatic heterocycles. The minimum Gasteiger partial charge on any atom is -0.493 e. The molecule has 3 amide bonds. The summed E-state index contributed by atoms with van der Waals surface area (Å²) in [5.74, 6) is -1.17. The number of imide groups is 1. The highest BCUT2D eigenvalue weighted by atomic mass is 79.9. The molecule has 0 radical (unpaired) electrons. The lowest BCUT2D eigenvalue weighted by Gasteiger charge is -2.12. The van der Waals surface area contributed by atoms with Gasteiger partial charge < -0.3 is 10.1 Å². The number of hydrogen-bond donors (Lipinski definition) is 1. The zero-order valence-corrected chi connectivity index (χ0v) is 17.7. The molecule has 0 spiro atoms. The monoisotopic (exact) mass is 478 g/mol. The highest BCUT2D eigenvalue weighted by molar-refractivity contribution is 9.10. The lowest BCUT2D eigenvalue weighted by Crippen LogP contribution is -2.36. The van der Waals surface area contributed by atoms with Gasteiger partial charge in [-0.25, -0.2) is 4.39 Å². The number of rotatable bonds is 6. The number of benzene rings is 2. The summed E-state index contributed by atoms with van der Waals surface area (Å²) in [4.78, 5) is 37.9. The molecule has 1 aliphatic rings. The number of amides is 3. The maximum Gasteiger partial charge on any atom is 0.294 e. The van der Waals surface area contributed by atoms with Crippen molar-refractivity contribution in [1.82, 2.24) is 4.90 Å². The molecule has 0 aliphatic carbocycles. The Labute approximate surface area is 179 Å². The van der Waals surface area contributed by atoms with Crippen LogP contribution in [0.25, 0.3) is 6.08 Å². The molecule has 1 saturated heterocycles. The number of nitrogens with zero attached hydrogens (tertiary/aromatic N) is 1. The van der Waals surface area contributed by atoms with Gasteiger partial charge in [0, 0.05) is 0 Å². The lowest BCUT2D eigenvalue weighted by atomic mass is 10.2. The van der Waals surface area contributed by atoms with Crippen LogP contribution in [0, 0.1) is 5.82 Å². The van der Waals surface area contributed by atoms with Crippen LogP contribution in [0.5, 0.6) is 5.75 Å². The lowest BCUT2D eigenvalue weighted by molar-refractivity contribution is -0.127. The van der Waals surface area contributed by atoms with E-state index < -0.39 is 29.4 Å². The zero-order valence-electron chi connectivity index (χ0n) is 15.3. The van der Waals surface area contributed by atoms with Crippen LogP contribution in [-0.2, 0) is 9.59 Å². The smallest absolute Gasteiger partial charge is 0.294 e. The molecule has 0 unspecified atom stereocenters. The van der Waals surface area contributed by atoms with Crippen molar-refractivity contribution in [3.05, 3.63) is 63.2 Å². The van der Waals surface area contributed by atoms with E-state index in [0.29, 0.717) is 17.9 Å². The Bertz CT molecular complexity index is 1010. The first kappa shape index (κ1) is 21.1. The predicted molar refractivity (Wildman–Crippen MR) is 113 cm³/mol. The summed E-state index contributed by atoms with van der Waals surface area (Å²) in [5.41, 5.74) is 0.681. The third-order valence-corrected chi connectivity index (χ3v) is 5.40. The first-order chi connectivity index (χ1) is 13.9. The van der Waals surface area contributed by atoms with E-state index in [1.54, 1.807) is 30.3 Å². The molecule has 0 aromatic heterocycles. The SMILES string of the molecule is CCOc1ccc(/C=C2\SC(=O)N(CC(=O)Nc3ccccc3F)C2=O)cc1Br. The van der Waals surface area contributed by atoms with Gasteiger partial charge >= 0.3 is 0 Å². The number of ether oxygens (including phenoxy) is 1. The summed E-state index contributed by atoms with van der Waals surface area (Å²) < 4.78 is 19.8. The van der Waals surface area contributed by atoms with Gasteiger partial charge in [-0.05, 0) is 70.5 Å². The number of halogens is 2. The van der Waals surface area contributed by atoms with Crippen LogP contribution in [0.2, 0.25) is 0 Å². The van der Waals surface area contributed by atoms with Gasteiger partial charge in [0.2, 0.25) is 5.91 Å². The van der Waals surface area contributed by atoms with E-state index in [4.69, 9.17) is 4.74 Å². The largest absolute Gasteiger partial charge is 0.493 e. The van der Waals surface area contributed by atoms with Gasteiger partial charge in [-0.15, -0.1) is 0 Å². The summed E-state index contributed by atoms with van der Waals surface area (Å²) in [6.45, 7) is 1.90. The highest BCUT2D eigenvalue weighted by Crippen LogP contribution is 2.33. The molecule has 0 saturated carbocycles. The van der Waals surface area contributed by atoms with Crippen LogP contribution in [0.3, 0.4) is 0 Å². The van der Waals surface area contributed by atoms with Crippen LogP contribution in [0.1, 0.15) is 12.5 Å². The molecule has 9 heteroatoms. The highest BCUT2D eigenvalue weighted by Gasteiger charge is 2.36. The van der Waals surface area contributed by atoms with Crippen molar-refractivity contribution in [3.63, 3.8) is 0 Å². The summed E-state index contributed by atoms with van der Waals surface area (Å²) in [7, 11) is 0. The van der Waals surface area contributed by atoms with E-state index in [-0.39, 0.29) is 10.6 Å². The molecule has 29 heavy (non-hydrogen) atoms. The van der Waals surface area contributed by atoms with Gasteiger partial charge in [-0.1, -0.05) is 18.2 Å². The third kappa shape index (κ3) is 5.04. The van der Waals surface area contributed by atoms with Crippen molar-refractivity contribution in [2.45, 2.75) is 6.92 Å². The van der Waals surface area contributed by atoms with Crippen molar-refractivity contribution in [1.29, 1.82) is 0 Å². The fraction of sp³-hybridized carbons (Fsp3) is 0.150. The second kappa shape index (κ2) is 9.23. The Morgan fingerprint density at radius 3 is 2.72 bits per heavy atom. The molecule has 0 atom stereocenters. The predicted octanol–water partition coefficient (Wildman–Crippen LogP) is 4.66. The van der Waals surface area contributed by atoms with Gasteiger partial charge in [0.15, 0.2) is 0 Å². The fourth-order valence-corrected chi connectivity index (χ4v) is 3.91. The standard InChI is InChI=1S/C20H16BrFN2O4S/c1-2-28-16-8-7-12(9-13(16)21)10-17-19(26)24(20(27)29-17)11-18(25)23-15-6-4-3-5-14(15)22/h3-10H,2,11H2,1H3,(H,23,25)/b17-10-. The molecule has 6 nitrogen and oxygen atoms in total. The van der Waals surface area contributed by atoms with Crippen LogP contribution in [-0.4, -0.2) is 35.1 Å². The van der Waals surface area contributed by atoms with Crippen LogP contribution < -0.4 is 10.1 Å². The van der Waals surface area contributed by atoms with Crippen molar-refractivity contribution in [2.24, 2.45) is 0 Å². The van der Waals surface area contributed by atoms with Gasteiger partial charge in [0.1, 0.15) is 18.1 Å². The average Bonchev–Trinajstić information content (AvgIpc) is 2.93. The first-order valence-electron chi connectivity index (χ1n) is 8.61. The normalized spacial score (nSPS) is 15.1. The molecule has 1 N–H and O–H groups in total. The molecule has 1 heterocycles. The van der Waals surface area contributed by atoms with E-state index in [1.807, 2.05) is 6.92 Å². The Hall–Kier alpha value is -2.65. The van der Waals surface area contributed by atoms with E-state index >= 15 is 0 Å². The van der Waals surface area contributed by atoms with Crippen molar-refractivity contribution in [3.8, 4) is 5.75 Å². The maximum atomic E-state index is 13.6. The number of nitrogens with one attached hydrogen (secondary N) is 1. The van der Waals surface area contributed by atoms with E-state index in [0.717, 1.165) is 21.1 Å². The van der Waals surface area contributed by atoms with E-state index in [1.165, 1.54) is 18.2 Å². The number of para-hydroxylation sites is 1. The van der Waals surface area contributed by atoms with E-state index in [9.17, 15) is 18.8 Å². The Morgan fingerprint density at radius 2 is 2.03 bits per heavy atom. The molecular weight excluding hydrogens is 463 g/mol. The van der Waals surface area contributed by atoms with Crippen molar-refractivity contribution >= 4 is 56.5 Å². The minimum atomic E-state index is -0.664. The number of carbonyl (C=O) groups is 3. The Balaban J connectivity index is 1.71. The fourth-order valence-electron chi connectivity index (χ4n) is 2.56. The summed E-state index contributed by atoms with van der Waals surface area (Å²) in [6, 6.07) is 10.9. The van der Waals surface area contributed by atoms with Crippen molar-refractivity contribution in [2.75, 3.05) is 18.5 Å². The quantitative estimate of drug-likeness (QED) is 0.610. The summed E-state index contributed by atoms with van der Waals surface area (Å²) in [6.07, 6.45) is 1.57. The number of carbonyl (C=O) groups excluding carboxylic acids is 3. The van der Waals surface area contributed by atoms with Gasteiger partial charge in [-0.3, -0.25) is 19.3 Å². The molecule has 2 aromatic rings. The van der Waals surface area contributed by atoms with Crippen LogP contribution in [0.15, 0.2) is 51.8 Å². The van der Waals surface area contributed by atoms with Crippen LogP contribution in [0.4, 0.5) is 14.9 Å². The number of hydrogen-bond acceptors (Lipinski definition) is 5. The summed E-state index contributed by atoms with van der Waals surface area (Å²) in [5, 5.41) is 1.80. The number of anilines is 1. The second-order valence-corrected chi connectivity index (χ2v) is 7.77. The molecule has 1 fully saturated rings. The summed E-state index contributed by atoms with van der Waals surface area (Å²) >= 11 is 4.15. The average molecular weight is 479 g/mol. The Kier molecular flexibility index (Phi) is 6.71. The second-order valence-electron chi connectivity index (χ2n) is 5.92. The number of thioether (sulfide) groups is 1. The van der Waals surface area contributed by atoms with Gasteiger partial charge in [-0.2, -0.15) is 0 Å². The minimum absolute atomic E-state index is 0.0146. The Morgan fingerprint density at radius 1 is 1.28 bits per heavy atom. The molecule has 0 bridgehead atoms. The van der Waals surface area contributed by atoms with Crippen molar-refractivity contribution < 1.29 is 23.5 Å². The zero-order chi connectivity index (χ0) is 21.0. The first-order valence-corrected chi connectivity index (χ1v) is 10.2. The van der Waals surface area contributed by atoms with Crippen LogP contribution >= 0.6 is 27.7 Å². The topological polar surface area (TPSA) is 75.7 Å².